The van der Waals surface area contributed by atoms with Crippen LogP contribution in [0.25, 0.3) is 0 Å². The molecule has 1 heterocycles. The first-order valence-corrected chi connectivity index (χ1v) is 8.06. The van der Waals surface area contributed by atoms with Crippen molar-refractivity contribution in [1.29, 1.82) is 0 Å². The second-order valence-electron chi connectivity index (χ2n) is 6.93. The molecule has 130 valence electrons. The van der Waals surface area contributed by atoms with Crippen LogP contribution in [-0.2, 0) is 27.3 Å². The Labute approximate surface area is 142 Å². The molecule has 1 aromatic rings. The highest BCUT2D eigenvalue weighted by Gasteiger charge is 2.23. The van der Waals surface area contributed by atoms with E-state index >= 15 is 0 Å². The van der Waals surface area contributed by atoms with Crippen LogP contribution in [0.2, 0.25) is 0 Å². The number of hydrogen-bond donors (Lipinski definition) is 1. The van der Waals surface area contributed by atoms with Gasteiger partial charge in [0.15, 0.2) is 12.4 Å². The van der Waals surface area contributed by atoms with Gasteiger partial charge in [-0.2, -0.15) is 0 Å². The molecule has 0 spiro atoms. The van der Waals surface area contributed by atoms with E-state index in [1.807, 2.05) is 18.2 Å². The minimum Gasteiger partial charge on any atom is -0.456 e. The van der Waals surface area contributed by atoms with Gasteiger partial charge in [0.25, 0.3) is 0 Å². The second kappa shape index (κ2) is 7.47. The number of Topliss-reactive ketones (excluding diaryl/α,β-unsaturated/α-hetero) is 1. The summed E-state index contributed by atoms with van der Waals surface area (Å²) in [5.74, 6) is -0.770. The van der Waals surface area contributed by atoms with Gasteiger partial charge in [0.1, 0.15) is 6.54 Å². The molecule has 0 saturated heterocycles. The molecule has 2 rings (SSSR count). The van der Waals surface area contributed by atoms with Crippen LogP contribution >= 0.6 is 0 Å². The smallest absolute Gasteiger partial charge is 0.325 e. The van der Waals surface area contributed by atoms with Crippen LogP contribution in [-0.4, -0.2) is 42.4 Å². The largest absolute Gasteiger partial charge is 0.456 e. The van der Waals surface area contributed by atoms with Crippen LogP contribution in [0.15, 0.2) is 24.3 Å². The van der Waals surface area contributed by atoms with Crippen LogP contribution in [0.4, 0.5) is 4.79 Å². The molecule has 6 nitrogen and oxygen atoms in total. The summed E-state index contributed by atoms with van der Waals surface area (Å²) in [6.07, 6.45) is 0.800. The van der Waals surface area contributed by atoms with Gasteiger partial charge in [0.05, 0.1) is 0 Å². The standard InChI is InChI=1S/C18H24N2O4/c1-18(2,3)15(21)12-24-16(22)10-19-17(23)20-9-8-13-6-4-5-7-14(13)11-20/h4-7H,8-12H2,1-3H3,(H,19,23). The normalized spacial score (nSPS) is 13.9. The maximum absolute atomic E-state index is 12.1. The number of fused-ring (bicyclic) bond motifs is 1. The zero-order valence-electron chi connectivity index (χ0n) is 14.4. The molecule has 0 aromatic heterocycles. The maximum Gasteiger partial charge on any atom is 0.325 e. The molecule has 0 fully saturated rings. The predicted molar refractivity (Wildman–Crippen MR) is 89.4 cm³/mol. The number of hydrogen-bond acceptors (Lipinski definition) is 4. The van der Waals surface area contributed by atoms with Gasteiger partial charge in [-0.3, -0.25) is 9.59 Å². The molecule has 0 atom stereocenters. The van der Waals surface area contributed by atoms with Gasteiger partial charge >= 0.3 is 12.0 Å². The fourth-order valence-electron chi connectivity index (χ4n) is 2.34. The molecular formula is C18H24N2O4. The molecule has 1 aromatic carbocycles. The Kier molecular flexibility index (Phi) is 5.59. The van der Waals surface area contributed by atoms with Gasteiger partial charge in [-0.15, -0.1) is 0 Å². The molecule has 2 amide bonds. The average Bonchev–Trinajstić information content (AvgIpc) is 2.56. The third-order valence-electron chi connectivity index (χ3n) is 4.00. The van der Waals surface area contributed by atoms with Gasteiger partial charge in [-0.05, 0) is 17.5 Å². The lowest BCUT2D eigenvalue weighted by atomic mass is 9.91. The number of esters is 1. The van der Waals surface area contributed by atoms with E-state index in [1.165, 1.54) is 5.56 Å². The van der Waals surface area contributed by atoms with E-state index in [-0.39, 0.29) is 25.0 Å². The number of urea groups is 1. The molecule has 0 radical (unpaired) electrons. The van der Waals surface area contributed by atoms with Crippen LogP contribution in [0.1, 0.15) is 31.9 Å². The molecule has 1 N–H and O–H groups in total. The van der Waals surface area contributed by atoms with Crippen molar-refractivity contribution in [3.8, 4) is 0 Å². The number of ether oxygens (including phenoxy) is 1. The van der Waals surface area contributed by atoms with E-state index in [4.69, 9.17) is 4.74 Å². The topological polar surface area (TPSA) is 75.7 Å². The van der Waals surface area contributed by atoms with E-state index in [9.17, 15) is 14.4 Å². The van der Waals surface area contributed by atoms with E-state index < -0.39 is 11.4 Å². The van der Waals surface area contributed by atoms with Gasteiger partial charge in [0, 0.05) is 18.5 Å². The molecule has 24 heavy (non-hydrogen) atoms. The summed E-state index contributed by atoms with van der Waals surface area (Å²) in [7, 11) is 0. The summed E-state index contributed by atoms with van der Waals surface area (Å²) in [5.41, 5.74) is 1.82. The number of rotatable bonds is 4. The first-order chi connectivity index (χ1) is 11.3. The van der Waals surface area contributed by atoms with Crippen molar-refractivity contribution in [2.24, 2.45) is 5.41 Å². The number of benzene rings is 1. The van der Waals surface area contributed by atoms with Crippen LogP contribution in [0.3, 0.4) is 0 Å². The van der Waals surface area contributed by atoms with Gasteiger partial charge in [-0.1, -0.05) is 45.0 Å². The number of carbonyl (C=O) groups excluding carboxylic acids is 3. The Hall–Kier alpha value is -2.37. The summed E-state index contributed by atoms with van der Waals surface area (Å²) < 4.78 is 4.90. The number of nitrogens with one attached hydrogen (secondary N) is 1. The van der Waals surface area contributed by atoms with E-state index in [1.54, 1.807) is 25.7 Å². The van der Waals surface area contributed by atoms with E-state index in [2.05, 4.69) is 11.4 Å². The highest BCUT2D eigenvalue weighted by molar-refractivity contribution is 5.87. The highest BCUT2D eigenvalue weighted by atomic mass is 16.5. The molecular weight excluding hydrogens is 308 g/mol. The predicted octanol–water partition coefficient (Wildman–Crippen LogP) is 1.91. The molecule has 1 aliphatic heterocycles. The van der Waals surface area contributed by atoms with Crippen molar-refractivity contribution in [2.75, 3.05) is 19.7 Å². The van der Waals surface area contributed by atoms with Gasteiger partial charge in [0.2, 0.25) is 0 Å². The zero-order chi connectivity index (χ0) is 17.7. The quantitative estimate of drug-likeness (QED) is 0.855. The summed E-state index contributed by atoms with van der Waals surface area (Å²) in [6.45, 7) is 5.92. The fourth-order valence-corrected chi connectivity index (χ4v) is 2.34. The van der Waals surface area contributed by atoms with E-state index in [0.717, 1.165) is 12.0 Å². The van der Waals surface area contributed by atoms with Gasteiger partial charge in [-0.25, -0.2) is 4.79 Å². The number of ketones is 1. The Balaban J connectivity index is 1.76. The SMILES string of the molecule is CC(C)(C)C(=O)COC(=O)CNC(=O)N1CCc2ccccc2C1. The molecule has 0 bridgehead atoms. The molecule has 6 heteroatoms. The first-order valence-electron chi connectivity index (χ1n) is 8.06. The van der Waals surface area contributed by atoms with Crippen molar-refractivity contribution in [3.63, 3.8) is 0 Å². The zero-order valence-corrected chi connectivity index (χ0v) is 14.4. The lowest BCUT2D eigenvalue weighted by Crippen LogP contribution is -2.44. The lowest BCUT2D eigenvalue weighted by Gasteiger charge is -2.28. The van der Waals surface area contributed by atoms with Crippen LogP contribution in [0.5, 0.6) is 0 Å². The summed E-state index contributed by atoms with van der Waals surface area (Å²) in [4.78, 5) is 37.2. The monoisotopic (exact) mass is 332 g/mol. The first kappa shape index (κ1) is 18.0. The van der Waals surface area contributed by atoms with Gasteiger partial charge < -0.3 is 15.0 Å². The maximum atomic E-state index is 12.1. The Bertz CT molecular complexity index is 634. The summed E-state index contributed by atoms with van der Waals surface area (Å²) in [5, 5.41) is 2.55. The Morgan fingerprint density at radius 3 is 2.50 bits per heavy atom. The lowest BCUT2D eigenvalue weighted by molar-refractivity contribution is -0.149. The molecule has 0 aliphatic carbocycles. The summed E-state index contributed by atoms with van der Waals surface area (Å²) in [6, 6.07) is 7.70. The van der Waals surface area contributed by atoms with Crippen LogP contribution in [0, 0.1) is 5.41 Å². The van der Waals surface area contributed by atoms with Crippen molar-refractivity contribution in [1.82, 2.24) is 10.2 Å². The van der Waals surface area contributed by atoms with Crippen molar-refractivity contribution in [2.45, 2.75) is 33.7 Å². The molecule has 0 saturated carbocycles. The third kappa shape index (κ3) is 4.81. The number of nitrogens with zero attached hydrogens (tertiary/aromatic N) is 1. The third-order valence-corrected chi connectivity index (χ3v) is 4.00. The fraction of sp³-hybridized carbons (Fsp3) is 0.500. The minimum atomic E-state index is -0.613. The second-order valence-corrected chi connectivity index (χ2v) is 6.93. The van der Waals surface area contributed by atoms with E-state index in [0.29, 0.717) is 13.1 Å². The molecule has 1 aliphatic rings. The Morgan fingerprint density at radius 2 is 1.83 bits per heavy atom. The van der Waals surface area contributed by atoms with Crippen molar-refractivity contribution >= 4 is 17.8 Å². The highest BCUT2D eigenvalue weighted by Crippen LogP contribution is 2.18. The van der Waals surface area contributed by atoms with Crippen molar-refractivity contribution < 1.29 is 19.1 Å². The number of carbonyl (C=O) groups is 3. The summed E-state index contributed by atoms with van der Waals surface area (Å²) >= 11 is 0. The average molecular weight is 332 g/mol. The van der Waals surface area contributed by atoms with Crippen LogP contribution < -0.4 is 5.32 Å². The van der Waals surface area contributed by atoms with Crippen molar-refractivity contribution in [3.05, 3.63) is 35.4 Å². The number of amides is 2. The minimum absolute atomic E-state index is 0.158. The Morgan fingerprint density at radius 1 is 1.17 bits per heavy atom. The molecule has 0 unspecified atom stereocenters.